The van der Waals surface area contributed by atoms with Gasteiger partial charge in [0.05, 0.1) is 0 Å². The van der Waals surface area contributed by atoms with Crippen molar-refractivity contribution in [1.82, 2.24) is 0 Å². The van der Waals surface area contributed by atoms with Crippen LogP contribution in [0.4, 0.5) is 0 Å². The Bertz CT molecular complexity index is 216. The number of hydrogen-bond donors (Lipinski definition) is 2. The Morgan fingerprint density at radius 3 is 1.93 bits per heavy atom. The summed E-state index contributed by atoms with van der Waals surface area (Å²) >= 11 is 0. The van der Waals surface area contributed by atoms with Crippen LogP contribution in [0.5, 0.6) is 0 Å². The van der Waals surface area contributed by atoms with Gasteiger partial charge in [0.25, 0.3) is 0 Å². The van der Waals surface area contributed by atoms with Crippen molar-refractivity contribution in [2.45, 2.75) is 31.7 Å². The molecule has 0 aliphatic heterocycles. The summed E-state index contributed by atoms with van der Waals surface area (Å²) < 4.78 is 34.1. The molecular formula is C6H13N2O4PtS-. The smallest absolute Gasteiger partial charge is 0.759 e. The fourth-order valence-electron chi connectivity index (χ4n) is 1.06. The van der Waals surface area contributed by atoms with Crippen molar-refractivity contribution in [3.63, 3.8) is 0 Å². The number of rotatable bonds is 0. The van der Waals surface area contributed by atoms with E-state index in [0.717, 1.165) is 18.9 Å². The zero-order valence-corrected chi connectivity index (χ0v) is 10.5. The van der Waals surface area contributed by atoms with Gasteiger partial charge in [-0.05, 0) is 0 Å². The van der Waals surface area contributed by atoms with Crippen molar-refractivity contribution in [2.75, 3.05) is 0 Å². The SMILES string of the molecule is N[C-]1CCCCC1N.O=S(=O)([O-])[O-].[Pt+2]. The number of nitrogens with two attached hydrogens (primary N) is 2. The zero-order chi connectivity index (χ0) is 10.5. The van der Waals surface area contributed by atoms with Crippen molar-refractivity contribution in [3.05, 3.63) is 6.04 Å². The summed E-state index contributed by atoms with van der Waals surface area (Å²) in [6.45, 7) is 0. The summed E-state index contributed by atoms with van der Waals surface area (Å²) in [7, 11) is -5.17. The van der Waals surface area contributed by atoms with Gasteiger partial charge in [-0.2, -0.15) is 6.42 Å². The molecule has 0 saturated heterocycles. The normalized spacial score (nSPS) is 23.0. The minimum atomic E-state index is -5.17. The molecule has 1 rings (SSSR count). The third-order valence-electron chi connectivity index (χ3n) is 1.71. The zero-order valence-electron chi connectivity index (χ0n) is 7.42. The van der Waals surface area contributed by atoms with E-state index in [4.69, 9.17) is 29.0 Å². The Kier molecular flexibility index (Phi) is 9.33. The van der Waals surface area contributed by atoms with Crippen LogP contribution in [-0.4, -0.2) is 23.6 Å². The molecule has 0 aromatic rings. The molecule has 0 heterocycles. The molecule has 8 heteroatoms. The maximum Gasteiger partial charge on any atom is 2.00 e. The Morgan fingerprint density at radius 1 is 1.29 bits per heavy atom. The first kappa shape index (κ1) is 16.9. The third-order valence-corrected chi connectivity index (χ3v) is 1.71. The van der Waals surface area contributed by atoms with E-state index in [2.05, 4.69) is 0 Å². The Hall–Kier alpha value is 0.478. The van der Waals surface area contributed by atoms with Gasteiger partial charge in [-0.1, -0.05) is 19.3 Å². The molecule has 88 valence electrons. The molecule has 0 amide bonds. The average Bonchev–Trinajstić information content (AvgIpc) is 1.92. The van der Waals surface area contributed by atoms with Gasteiger partial charge in [0.2, 0.25) is 0 Å². The molecule has 0 aromatic carbocycles. The molecule has 1 atom stereocenters. The monoisotopic (exact) mass is 404 g/mol. The molecule has 0 spiro atoms. The van der Waals surface area contributed by atoms with Crippen LogP contribution in [0.3, 0.4) is 0 Å². The van der Waals surface area contributed by atoms with E-state index in [-0.39, 0.29) is 27.1 Å². The predicted molar refractivity (Wildman–Crippen MR) is 44.3 cm³/mol. The standard InChI is InChI=1S/C6H13N2.H2O4S.Pt/c7-5-3-1-2-4-6(5)8;1-5(2,3)4;/h5H,1-4,7-8H2;(H2,1,2,3,4);/q-1;;+2/p-2. The van der Waals surface area contributed by atoms with Crippen LogP contribution in [0.15, 0.2) is 0 Å². The minimum Gasteiger partial charge on any atom is -0.759 e. The van der Waals surface area contributed by atoms with Gasteiger partial charge in [0, 0.05) is 10.4 Å². The van der Waals surface area contributed by atoms with Gasteiger partial charge in [0.1, 0.15) is 0 Å². The molecule has 1 aliphatic carbocycles. The van der Waals surface area contributed by atoms with Crippen LogP contribution >= 0.6 is 0 Å². The molecule has 14 heavy (non-hydrogen) atoms. The first-order valence-electron chi connectivity index (χ1n) is 3.84. The predicted octanol–water partition coefficient (Wildman–Crippen LogP) is -0.962. The van der Waals surface area contributed by atoms with Crippen LogP contribution in [0.2, 0.25) is 0 Å². The second kappa shape index (κ2) is 7.73. The van der Waals surface area contributed by atoms with Crippen LogP contribution in [0.1, 0.15) is 25.7 Å². The molecule has 0 radical (unpaired) electrons. The fourth-order valence-corrected chi connectivity index (χ4v) is 1.06. The summed E-state index contributed by atoms with van der Waals surface area (Å²) in [5.74, 6) is 0. The molecule has 1 saturated carbocycles. The van der Waals surface area contributed by atoms with E-state index in [1.54, 1.807) is 0 Å². The van der Waals surface area contributed by atoms with E-state index in [0.29, 0.717) is 0 Å². The second-order valence-corrected chi connectivity index (χ2v) is 3.65. The topological polar surface area (TPSA) is 132 Å². The summed E-state index contributed by atoms with van der Waals surface area (Å²) in [5.41, 5.74) is 11.2. The van der Waals surface area contributed by atoms with E-state index in [1.807, 2.05) is 0 Å². The fraction of sp³-hybridized carbons (Fsp3) is 0.833. The molecule has 0 bridgehead atoms. The van der Waals surface area contributed by atoms with Gasteiger partial charge in [-0.25, -0.2) is 6.04 Å². The molecule has 6 nitrogen and oxygen atoms in total. The first-order chi connectivity index (χ1) is 5.80. The summed E-state index contributed by atoms with van der Waals surface area (Å²) in [5, 5.41) is 0. The van der Waals surface area contributed by atoms with Crippen LogP contribution in [0.25, 0.3) is 0 Å². The molecule has 4 N–H and O–H groups in total. The average molecular weight is 404 g/mol. The summed E-state index contributed by atoms with van der Waals surface area (Å²) in [6.07, 6.45) is 4.62. The maximum atomic E-state index is 8.52. The van der Waals surface area contributed by atoms with E-state index in [1.165, 1.54) is 12.8 Å². The first-order valence-corrected chi connectivity index (χ1v) is 5.17. The van der Waals surface area contributed by atoms with Gasteiger partial charge >= 0.3 is 21.1 Å². The van der Waals surface area contributed by atoms with Crippen LogP contribution in [0, 0.1) is 6.04 Å². The summed E-state index contributed by atoms with van der Waals surface area (Å²) in [6, 6.07) is 1.19. The summed E-state index contributed by atoms with van der Waals surface area (Å²) in [4.78, 5) is 0. The van der Waals surface area contributed by atoms with Crippen molar-refractivity contribution in [1.29, 1.82) is 0 Å². The van der Waals surface area contributed by atoms with Crippen molar-refractivity contribution in [3.8, 4) is 0 Å². The van der Waals surface area contributed by atoms with Gasteiger partial charge < -0.3 is 20.6 Å². The van der Waals surface area contributed by atoms with E-state index < -0.39 is 10.4 Å². The van der Waals surface area contributed by atoms with Crippen molar-refractivity contribution >= 4 is 10.4 Å². The maximum absolute atomic E-state index is 8.52. The third kappa shape index (κ3) is 12.5. The van der Waals surface area contributed by atoms with Crippen LogP contribution < -0.4 is 11.5 Å². The number of hydrogen-bond acceptors (Lipinski definition) is 6. The molecular weight excluding hydrogens is 391 g/mol. The largest absolute Gasteiger partial charge is 2.00 e. The quantitative estimate of drug-likeness (QED) is 0.304. The van der Waals surface area contributed by atoms with E-state index in [9.17, 15) is 0 Å². The minimum absolute atomic E-state index is 0. The Morgan fingerprint density at radius 2 is 1.71 bits per heavy atom. The van der Waals surface area contributed by atoms with Gasteiger partial charge in [-0.15, -0.1) is 6.04 Å². The second-order valence-electron chi connectivity index (χ2n) is 2.84. The molecule has 0 aromatic heterocycles. The van der Waals surface area contributed by atoms with E-state index >= 15 is 0 Å². The molecule has 1 aliphatic rings. The Balaban J connectivity index is 0. The van der Waals surface area contributed by atoms with Gasteiger partial charge in [0.15, 0.2) is 0 Å². The van der Waals surface area contributed by atoms with Crippen molar-refractivity contribution in [2.24, 2.45) is 11.5 Å². The van der Waals surface area contributed by atoms with Gasteiger partial charge in [-0.3, -0.25) is 8.42 Å². The van der Waals surface area contributed by atoms with Crippen LogP contribution in [-0.2, 0) is 31.5 Å². The Labute approximate surface area is 98.3 Å². The molecule has 1 unspecified atom stereocenters. The van der Waals surface area contributed by atoms with Crippen molar-refractivity contribution < 1.29 is 38.6 Å². The molecule has 1 fully saturated rings.